The second kappa shape index (κ2) is 9.56. The van der Waals surface area contributed by atoms with Crippen molar-refractivity contribution in [2.75, 3.05) is 0 Å². The molecule has 26 heavy (non-hydrogen) atoms. The van der Waals surface area contributed by atoms with Crippen molar-refractivity contribution < 1.29 is 14.3 Å². The summed E-state index contributed by atoms with van der Waals surface area (Å²) in [6, 6.07) is 12.3. The monoisotopic (exact) mass is 355 g/mol. The molecule has 0 radical (unpaired) electrons. The van der Waals surface area contributed by atoms with Gasteiger partial charge in [0.15, 0.2) is 0 Å². The van der Waals surface area contributed by atoms with Crippen LogP contribution in [0, 0.1) is 0 Å². The number of rotatable bonds is 8. The molecular formula is C20H25N3O3. The number of carbonyl (C=O) groups excluding carboxylic acids is 2. The van der Waals surface area contributed by atoms with Crippen LogP contribution in [-0.4, -0.2) is 28.9 Å². The Morgan fingerprint density at radius 2 is 1.81 bits per heavy atom. The summed E-state index contributed by atoms with van der Waals surface area (Å²) < 4.78 is 5.64. The summed E-state index contributed by atoms with van der Waals surface area (Å²) in [4.78, 5) is 28.5. The molecule has 1 atom stereocenters. The molecule has 0 aliphatic carbocycles. The van der Waals surface area contributed by atoms with Crippen LogP contribution in [0.25, 0.3) is 0 Å². The van der Waals surface area contributed by atoms with E-state index < -0.39 is 0 Å². The number of benzene rings is 1. The van der Waals surface area contributed by atoms with Gasteiger partial charge in [-0.25, -0.2) is 4.98 Å². The van der Waals surface area contributed by atoms with Gasteiger partial charge in [0.2, 0.25) is 11.8 Å². The normalized spacial score (nSPS) is 11.7. The number of amides is 2. The second-order valence-electron chi connectivity index (χ2n) is 6.36. The van der Waals surface area contributed by atoms with E-state index in [9.17, 15) is 9.59 Å². The fraction of sp³-hybridized carbons (Fsp3) is 0.350. The van der Waals surface area contributed by atoms with Gasteiger partial charge in [-0.3, -0.25) is 9.59 Å². The second-order valence-corrected chi connectivity index (χ2v) is 6.36. The van der Waals surface area contributed by atoms with E-state index in [2.05, 4.69) is 15.6 Å². The van der Waals surface area contributed by atoms with Gasteiger partial charge in [-0.2, -0.15) is 0 Å². The molecule has 1 aromatic carbocycles. The van der Waals surface area contributed by atoms with E-state index in [-0.39, 0.29) is 30.4 Å². The van der Waals surface area contributed by atoms with Crippen molar-refractivity contribution in [1.29, 1.82) is 0 Å². The van der Waals surface area contributed by atoms with Crippen LogP contribution in [0.5, 0.6) is 5.88 Å². The van der Waals surface area contributed by atoms with Crippen molar-refractivity contribution in [3.8, 4) is 5.88 Å². The Kier molecular flexibility index (Phi) is 7.14. The van der Waals surface area contributed by atoms with Gasteiger partial charge in [-0.1, -0.05) is 24.3 Å². The lowest BCUT2D eigenvalue weighted by molar-refractivity contribution is -0.121. The zero-order chi connectivity index (χ0) is 18.9. The first kappa shape index (κ1) is 19.4. The van der Waals surface area contributed by atoms with Gasteiger partial charge >= 0.3 is 0 Å². The Labute approximate surface area is 154 Å². The van der Waals surface area contributed by atoms with Gasteiger partial charge in [0.25, 0.3) is 5.91 Å². The molecular weight excluding hydrogens is 330 g/mol. The highest BCUT2D eigenvalue weighted by Gasteiger charge is 2.14. The number of hydrogen-bond acceptors (Lipinski definition) is 4. The third kappa shape index (κ3) is 6.20. The smallest absolute Gasteiger partial charge is 0.251 e. The molecule has 0 aliphatic rings. The van der Waals surface area contributed by atoms with Crippen LogP contribution in [0.2, 0.25) is 0 Å². The average Bonchev–Trinajstić information content (AvgIpc) is 2.61. The van der Waals surface area contributed by atoms with Gasteiger partial charge < -0.3 is 15.4 Å². The molecule has 0 saturated heterocycles. The molecule has 0 aliphatic heterocycles. The molecule has 0 bridgehead atoms. The summed E-state index contributed by atoms with van der Waals surface area (Å²) >= 11 is 0. The molecule has 6 nitrogen and oxygen atoms in total. The molecule has 0 spiro atoms. The van der Waals surface area contributed by atoms with Gasteiger partial charge in [0.1, 0.15) is 0 Å². The lowest BCUT2D eigenvalue weighted by atomic mass is 10.1. The summed E-state index contributed by atoms with van der Waals surface area (Å²) in [5, 5.41) is 5.67. The fourth-order valence-electron chi connectivity index (χ4n) is 2.38. The fourth-order valence-corrected chi connectivity index (χ4v) is 2.38. The van der Waals surface area contributed by atoms with Crippen LogP contribution in [0.3, 0.4) is 0 Å². The van der Waals surface area contributed by atoms with E-state index >= 15 is 0 Å². The summed E-state index contributed by atoms with van der Waals surface area (Å²) in [7, 11) is 0. The predicted molar refractivity (Wildman–Crippen MR) is 99.8 cm³/mol. The number of pyridine rings is 1. The first-order chi connectivity index (χ1) is 12.5. The number of ether oxygens (including phenoxy) is 1. The maximum Gasteiger partial charge on any atom is 0.251 e. The number of nitrogens with one attached hydrogen (secondary N) is 2. The molecule has 0 fully saturated rings. The molecule has 2 rings (SSSR count). The Morgan fingerprint density at radius 1 is 1.08 bits per heavy atom. The molecule has 1 aromatic heterocycles. The van der Waals surface area contributed by atoms with Crippen LogP contribution in [0.15, 0.2) is 48.7 Å². The molecule has 2 aromatic rings. The van der Waals surface area contributed by atoms with E-state index in [4.69, 9.17) is 4.74 Å². The number of aromatic nitrogens is 1. The third-order valence-corrected chi connectivity index (χ3v) is 3.58. The van der Waals surface area contributed by atoms with Gasteiger partial charge in [0, 0.05) is 36.3 Å². The summed E-state index contributed by atoms with van der Waals surface area (Å²) in [6.07, 6.45) is 1.86. The molecule has 0 saturated carbocycles. The minimum atomic E-state index is -0.275. The zero-order valence-corrected chi connectivity index (χ0v) is 15.4. The molecule has 1 heterocycles. The van der Waals surface area contributed by atoms with Crippen molar-refractivity contribution >= 4 is 11.8 Å². The average molecular weight is 355 g/mol. The van der Waals surface area contributed by atoms with E-state index in [1.54, 1.807) is 43.5 Å². The Hall–Kier alpha value is -2.89. The minimum Gasteiger partial charge on any atom is -0.475 e. The third-order valence-electron chi connectivity index (χ3n) is 3.58. The number of hydrogen-bond donors (Lipinski definition) is 2. The van der Waals surface area contributed by atoms with E-state index in [1.807, 2.05) is 26.0 Å². The minimum absolute atomic E-state index is 0.00701. The van der Waals surface area contributed by atoms with E-state index in [1.165, 1.54) is 0 Å². The summed E-state index contributed by atoms with van der Waals surface area (Å²) in [5.74, 6) is 0.184. The summed E-state index contributed by atoms with van der Waals surface area (Å²) in [6.45, 7) is 5.98. The van der Waals surface area contributed by atoms with Crippen molar-refractivity contribution in [3.05, 3.63) is 59.8 Å². The van der Waals surface area contributed by atoms with Crippen molar-refractivity contribution in [2.24, 2.45) is 0 Å². The zero-order valence-electron chi connectivity index (χ0n) is 15.4. The SMILES string of the molecule is CC(CC(=O)NCc1cccnc1OC(C)C)NC(=O)c1ccccc1. The van der Waals surface area contributed by atoms with Gasteiger partial charge in [-0.15, -0.1) is 0 Å². The first-order valence-corrected chi connectivity index (χ1v) is 8.69. The molecule has 6 heteroatoms. The molecule has 2 N–H and O–H groups in total. The Morgan fingerprint density at radius 3 is 2.50 bits per heavy atom. The van der Waals surface area contributed by atoms with Gasteiger partial charge in [-0.05, 0) is 39.0 Å². The maximum absolute atomic E-state index is 12.2. The highest BCUT2D eigenvalue weighted by Crippen LogP contribution is 2.15. The number of nitrogens with zero attached hydrogens (tertiary/aromatic N) is 1. The molecule has 1 unspecified atom stereocenters. The Balaban J connectivity index is 1.82. The molecule has 2 amide bonds. The predicted octanol–water partition coefficient (Wildman–Crippen LogP) is 2.69. The standard InChI is InChI=1S/C20H25N3O3/c1-14(2)26-20-17(10-7-11-21-20)13-22-18(24)12-15(3)23-19(25)16-8-5-4-6-9-16/h4-11,14-15H,12-13H2,1-3H3,(H,22,24)(H,23,25). The first-order valence-electron chi connectivity index (χ1n) is 8.69. The quantitative estimate of drug-likeness (QED) is 0.763. The van der Waals surface area contributed by atoms with Crippen LogP contribution >= 0.6 is 0 Å². The number of carbonyl (C=O) groups is 2. The van der Waals surface area contributed by atoms with E-state index in [0.717, 1.165) is 5.56 Å². The van der Waals surface area contributed by atoms with Crippen molar-refractivity contribution in [3.63, 3.8) is 0 Å². The van der Waals surface area contributed by atoms with Crippen molar-refractivity contribution in [1.82, 2.24) is 15.6 Å². The highest BCUT2D eigenvalue weighted by molar-refractivity contribution is 5.94. The lowest BCUT2D eigenvalue weighted by Gasteiger charge is -2.15. The van der Waals surface area contributed by atoms with Gasteiger partial charge in [0.05, 0.1) is 6.10 Å². The van der Waals surface area contributed by atoms with Crippen molar-refractivity contribution in [2.45, 2.75) is 45.9 Å². The van der Waals surface area contributed by atoms with E-state index in [0.29, 0.717) is 18.0 Å². The Bertz CT molecular complexity index is 732. The maximum atomic E-state index is 12.2. The molecule has 138 valence electrons. The van der Waals surface area contributed by atoms with Crippen LogP contribution < -0.4 is 15.4 Å². The topological polar surface area (TPSA) is 80.3 Å². The highest BCUT2D eigenvalue weighted by atomic mass is 16.5. The largest absolute Gasteiger partial charge is 0.475 e. The summed E-state index contributed by atoms with van der Waals surface area (Å²) in [5.41, 5.74) is 1.39. The van der Waals surface area contributed by atoms with Crippen LogP contribution in [-0.2, 0) is 11.3 Å². The van der Waals surface area contributed by atoms with Crippen LogP contribution in [0.1, 0.15) is 43.1 Å². The lowest BCUT2D eigenvalue weighted by Crippen LogP contribution is -2.37. The van der Waals surface area contributed by atoms with Crippen LogP contribution in [0.4, 0.5) is 0 Å².